The Morgan fingerprint density at radius 3 is 2.29 bits per heavy atom. The number of benzene rings is 2. The third-order valence-corrected chi connectivity index (χ3v) is 9.19. The van der Waals surface area contributed by atoms with E-state index in [1.807, 2.05) is 30.3 Å². The van der Waals surface area contributed by atoms with Crippen LogP contribution in [0.1, 0.15) is 64.0 Å². The highest BCUT2D eigenvalue weighted by atomic mass is 35.5. The second-order valence-electron chi connectivity index (χ2n) is 13.8. The zero-order valence-corrected chi connectivity index (χ0v) is 31.9. The molecule has 16 heteroatoms. The standard InChI is InChI=1S/C36H51ClN4O10S/c1-36(2,3)51-35(46)38-20-10-9-13-28(31(42)34(45)49-4)39-32(43)30-21-27(50-23-25-14-17-26(37)18-15-25)22-41(30)33(44)29(40-52(5,47)48)19-16-24-11-7-6-8-12-24/h6-8,11-12,14-15,17-18,27-31,40,42H,9-10,13,16,19-23H2,1-5H3,(H,38,46)(H,39,43)/t27-,28+,29-,30+,31?/m1/s1. The Morgan fingerprint density at radius 1 is 1.00 bits per heavy atom. The number of alkyl carbamates (subject to hydrolysis) is 1. The van der Waals surface area contributed by atoms with Gasteiger partial charge in [-0.2, -0.15) is 0 Å². The SMILES string of the molecule is COC(=O)C(O)[C@H](CCCCNC(=O)OC(C)(C)C)NC(=O)[C@@H]1C[C@@H](OCc2ccc(Cl)cc2)CN1C(=O)[C@@H](CCc1ccccc1)NS(C)(=O)=O. The Morgan fingerprint density at radius 2 is 1.67 bits per heavy atom. The molecule has 0 aromatic heterocycles. The topological polar surface area (TPSA) is 190 Å². The van der Waals surface area contributed by atoms with Crippen LogP contribution in [-0.4, -0.2) is 105 Å². The van der Waals surface area contributed by atoms with Crippen molar-refractivity contribution in [2.45, 2.75) is 102 Å². The lowest BCUT2D eigenvalue weighted by atomic mass is 10.0. The van der Waals surface area contributed by atoms with E-state index in [1.54, 1.807) is 45.0 Å². The second-order valence-corrected chi connectivity index (χ2v) is 16.0. The van der Waals surface area contributed by atoms with Crippen molar-refractivity contribution >= 4 is 45.5 Å². The number of amides is 3. The van der Waals surface area contributed by atoms with Crippen LogP contribution >= 0.6 is 11.6 Å². The Labute approximate surface area is 310 Å². The third-order valence-electron chi connectivity index (χ3n) is 8.23. The van der Waals surface area contributed by atoms with Crippen molar-refractivity contribution < 1.29 is 46.9 Å². The summed E-state index contributed by atoms with van der Waals surface area (Å²) in [6, 6.07) is 12.9. The van der Waals surface area contributed by atoms with Crippen molar-refractivity contribution in [2.24, 2.45) is 0 Å². The number of nitrogens with one attached hydrogen (secondary N) is 3. The van der Waals surface area contributed by atoms with Gasteiger partial charge in [0.25, 0.3) is 0 Å². The quantitative estimate of drug-likeness (QED) is 0.130. The van der Waals surface area contributed by atoms with Gasteiger partial charge in [0.1, 0.15) is 17.7 Å². The largest absolute Gasteiger partial charge is 0.467 e. The van der Waals surface area contributed by atoms with E-state index in [2.05, 4.69) is 15.4 Å². The lowest BCUT2D eigenvalue weighted by Gasteiger charge is -2.30. The highest BCUT2D eigenvalue weighted by molar-refractivity contribution is 7.88. The Kier molecular flexibility index (Phi) is 16.3. The van der Waals surface area contributed by atoms with Gasteiger partial charge in [0.2, 0.25) is 21.8 Å². The van der Waals surface area contributed by atoms with Gasteiger partial charge in [-0.1, -0.05) is 54.1 Å². The van der Waals surface area contributed by atoms with Gasteiger partial charge in [0.15, 0.2) is 6.10 Å². The summed E-state index contributed by atoms with van der Waals surface area (Å²) >= 11 is 6.01. The molecule has 1 saturated heterocycles. The van der Waals surface area contributed by atoms with Gasteiger partial charge in [-0.3, -0.25) is 9.59 Å². The molecule has 1 aliphatic heterocycles. The van der Waals surface area contributed by atoms with Gasteiger partial charge in [-0.05, 0) is 76.1 Å². The average molecular weight is 767 g/mol. The molecule has 2 aromatic rings. The van der Waals surface area contributed by atoms with Crippen LogP contribution in [0.15, 0.2) is 54.6 Å². The summed E-state index contributed by atoms with van der Waals surface area (Å²) in [5, 5.41) is 16.8. The van der Waals surface area contributed by atoms with Crippen molar-refractivity contribution in [2.75, 3.05) is 26.5 Å². The Balaban J connectivity index is 1.80. The fourth-order valence-electron chi connectivity index (χ4n) is 5.72. The van der Waals surface area contributed by atoms with Crippen LogP contribution < -0.4 is 15.4 Å². The summed E-state index contributed by atoms with van der Waals surface area (Å²) in [4.78, 5) is 53.8. The monoisotopic (exact) mass is 766 g/mol. The van der Waals surface area contributed by atoms with Crippen LogP contribution in [0, 0.1) is 0 Å². The maximum atomic E-state index is 14.2. The summed E-state index contributed by atoms with van der Waals surface area (Å²) < 4.78 is 43.3. The molecule has 1 unspecified atom stereocenters. The Hall–Kier alpha value is -3.76. The molecule has 4 N–H and O–H groups in total. The zero-order chi connectivity index (χ0) is 38.5. The number of methoxy groups -OCH3 is 1. The second kappa shape index (κ2) is 19.9. The fraction of sp³-hybridized carbons (Fsp3) is 0.556. The maximum Gasteiger partial charge on any atom is 0.407 e. The number of unbranched alkanes of at least 4 members (excludes halogenated alkanes) is 1. The Bertz CT molecular complexity index is 1590. The smallest absolute Gasteiger partial charge is 0.407 e. The molecule has 0 radical (unpaired) electrons. The van der Waals surface area contributed by atoms with Crippen LogP contribution in [-0.2, 0) is 51.6 Å². The molecule has 14 nitrogen and oxygen atoms in total. The number of nitrogens with zero attached hydrogens (tertiary/aromatic N) is 1. The molecule has 1 fully saturated rings. The first-order valence-corrected chi connectivity index (χ1v) is 19.4. The first-order valence-electron chi connectivity index (χ1n) is 17.2. The molecule has 3 rings (SSSR count). The van der Waals surface area contributed by atoms with Crippen molar-refractivity contribution in [1.82, 2.24) is 20.3 Å². The number of rotatable bonds is 18. The van der Waals surface area contributed by atoms with Crippen LogP contribution in [0.5, 0.6) is 0 Å². The van der Waals surface area contributed by atoms with Gasteiger partial charge in [-0.25, -0.2) is 22.7 Å². The summed E-state index contributed by atoms with van der Waals surface area (Å²) in [6.07, 6.45) is -0.423. The van der Waals surface area contributed by atoms with Crippen LogP contribution in [0.3, 0.4) is 0 Å². The predicted octanol–water partition coefficient (Wildman–Crippen LogP) is 3.09. The highest BCUT2D eigenvalue weighted by Gasteiger charge is 2.44. The zero-order valence-electron chi connectivity index (χ0n) is 30.3. The number of ether oxygens (including phenoxy) is 3. The summed E-state index contributed by atoms with van der Waals surface area (Å²) in [5.74, 6) is -2.23. The van der Waals surface area contributed by atoms with Gasteiger partial charge in [-0.15, -0.1) is 0 Å². The number of aliphatic hydroxyl groups is 1. The molecule has 0 aliphatic carbocycles. The molecule has 2 aromatic carbocycles. The van der Waals surface area contributed by atoms with Crippen LogP contribution in [0.4, 0.5) is 4.79 Å². The molecular weight excluding hydrogens is 716 g/mol. The number of esters is 1. The maximum absolute atomic E-state index is 14.2. The normalized spacial score (nSPS) is 17.9. The summed E-state index contributed by atoms with van der Waals surface area (Å²) in [6.45, 7) is 5.63. The fourth-order valence-corrected chi connectivity index (χ4v) is 6.58. The van der Waals surface area contributed by atoms with E-state index in [0.29, 0.717) is 24.3 Å². The minimum absolute atomic E-state index is 0.0155. The minimum Gasteiger partial charge on any atom is -0.467 e. The molecular formula is C36H51ClN4O10S. The van der Waals surface area contributed by atoms with E-state index in [-0.39, 0.29) is 39.0 Å². The van der Waals surface area contributed by atoms with Gasteiger partial charge < -0.3 is 34.9 Å². The van der Waals surface area contributed by atoms with Gasteiger partial charge in [0.05, 0.1) is 32.1 Å². The number of sulfonamides is 1. The molecule has 0 spiro atoms. The molecule has 0 bridgehead atoms. The van der Waals surface area contributed by atoms with E-state index >= 15 is 0 Å². The molecule has 3 amide bonds. The number of aliphatic hydroxyl groups excluding tert-OH is 1. The summed E-state index contributed by atoms with van der Waals surface area (Å²) in [5.41, 5.74) is 1.05. The number of carbonyl (C=O) groups excluding carboxylic acids is 4. The molecule has 1 aliphatic rings. The van der Waals surface area contributed by atoms with E-state index in [9.17, 15) is 32.7 Å². The number of hydrogen-bond acceptors (Lipinski definition) is 10. The van der Waals surface area contributed by atoms with Gasteiger partial charge in [0, 0.05) is 24.5 Å². The highest BCUT2D eigenvalue weighted by Crippen LogP contribution is 2.25. The summed E-state index contributed by atoms with van der Waals surface area (Å²) in [7, 11) is -2.72. The molecule has 1 heterocycles. The predicted molar refractivity (Wildman–Crippen MR) is 195 cm³/mol. The lowest BCUT2D eigenvalue weighted by Crippen LogP contribution is -2.56. The lowest BCUT2D eigenvalue weighted by molar-refractivity contribution is -0.153. The van der Waals surface area contributed by atoms with Crippen molar-refractivity contribution in [3.8, 4) is 0 Å². The molecule has 5 atom stereocenters. The van der Waals surface area contributed by atoms with E-state index < -0.39 is 69.8 Å². The van der Waals surface area contributed by atoms with E-state index in [4.69, 9.17) is 25.8 Å². The number of aryl methyl sites for hydroxylation is 1. The first kappa shape index (κ1) is 42.7. The molecule has 0 saturated carbocycles. The molecule has 288 valence electrons. The van der Waals surface area contributed by atoms with Crippen molar-refractivity contribution in [3.05, 3.63) is 70.7 Å². The van der Waals surface area contributed by atoms with E-state index in [0.717, 1.165) is 24.5 Å². The van der Waals surface area contributed by atoms with Crippen LogP contribution in [0.2, 0.25) is 5.02 Å². The number of likely N-dealkylation sites (tertiary alicyclic amines) is 1. The van der Waals surface area contributed by atoms with E-state index in [1.165, 1.54) is 4.90 Å². The number of halogens is 1. The average Bonchev–Trinajstić information content (AvgIpc) is 3.52. The first-order chi connectivity index (χ1) is 24.5. The number of hydrogen-bond donors (Lipinski definition) is 4. The minimum atomic E-state index is -3.83. The number of carbonyl (C=O) groups is 4. The van der Waals surface area contributed by atoms with Crippen molar-refractivity contribution in [1.29, 1.82) is 0 Å². The van der Waals surface area contributed by atoms with Crippen molar-refractivity contribution in [3.63, 3.8) is 0 Å². The molecule has 52 heavy (non-hydrogen) atoms. The van der Waals surface area contributed by atoms with Crippen LogP contribution in [0.25, 0.3) is 0 Å². The van der Waals surface area contributed by atoms with Gasteiger partial charge >= 0.3 is 12.1 Å². The third kappa shape index (κ3) is 14.7.